The fourth-order valence-electron chi connectivity index (χ4n) is 1.74. The summed E-state index contributed by atoms with van der Waals surface area (Å²) in [6.07, 6.45) is -1.74. The summed E-state index contributed by atoms with van der Waals surface area (Å²) in [5, 5.41) is 19.3. The summed E-state index contributed by atoms with van der Waals surface area (Å²) in [5.41, 5.74) is 4.07. The zero-order valence-electron chi connectivity index (χ0n) is 11.3. The molecular formula is C14H19NO4S. The fourth-order valence-corrected chi connectivity index (χ4v) is 2.51. The molecule has 0 bridgehead atoms. The van der Waals surface area contributed by atoms with E-state index in [1.165, 1.54) is 23.9 Å². The predicted octanol–water partition coefficient (Wildman–Crippen LogP) is 1.16. The number of hydrogen-bond donors (Lipinski definition) is 3. The van der Waals surface area contributed by atoms with Gasteiger partial charge in [-0.1, -0.05) is 37.3 Å². The van der Waals surface area contributed by atoms with Gasteiger partial charge in [-0.05, 0) is 17.9 Å². The second-order valence-corrected chi connectivity index (χ2v) is 5.82. The number of aliphatic hydroxyl groups is 1. The molecule has 2 atom stereocenters. The maximum atomic E-state index is 12.1. The van der Waals surface area contributed by atoms with E-state index in [0.29, 0.717) is 5.75 Å². The monoisotopic (exact) mass is 297 g/mol. The third-order valence-electron chi connectivity index (χ3n) is 3.06. The number of aliphatic carboxylic acids is 1. The molecule has 0 aliphatic carbocycles. The highest BCUT2D eigenvalue weighted by Gasteiger charge is 2.45. The molecule has 0 aliphatic rings. The van der Waals surface area contributed by atoms with E-state index in [1.54, 1.807) is 18.2 Å². The van der Waals surface area contributed by atoms with Crippen molar-refractivity contribution in [3.05, 3.63) is 35.9 Å². The molecule has 4 N–H and O–H groups in total. The van der Waals surface area contributed by atoms with Crippen LogP contribution in [0, 0.1) is 0 Å². The largest absolute Gasteiger partial charge is 0.480 e. The molecule has 0 heterocycles. The summed E-state index contributed by atoms with van der Waals surface area (Å²) in [6, 6.07) is 8.06. The Labute approximate surface area is 122 Å². The summed E-state index contributed by atoms with van der Waals surface area (Å²) in [5.74, 6) is -0.750. The molecule has 0 spiro atoms. The number of benzene rings is 1. The third-order valence-corrected chi connectivity index (χ3v) is 3.96. The van der Waals surface area contributed by atoms with Gasteiger partial charge in [0.25, 0.3) is 0 Å². The van der Waals surface area contributed by atoms with E-state index in [4.69, 9.17) is 5.73 Å². The number of nitrogens with two attached hydrogens (primary N) is 1. The number of carboxylic acids is 1. The molecule has 2 unspecified atom stereocenters. The second-order valence-electron chi connectivity index (χ2n) is 4.43. The quantitative estimate of drug-likeness (QED) is 0.491. The van der Waals surface area contributed by atoms with Crippen LogP contribution in [0.2, 0.25) is 0 Å². The first kappa shape index (κ1) is 16.7. The van der Waals surface area contributed by atoms with Crippen molar-refractivity contribution in [2.75, 3.05) is 11.5 Å². The highest BCUT2D eigenvalue weighted by atomic mass is 32.2. The zero-order valence-corrected chi connectivity index (χ0v) is 12.1. The number of carboxylic acid groups (broad SMARTS) is 1. The summed E-state index contributed by atoms with van der Waals surface area (Å²) < 4.78 is 0. The van der Waals surface area contributed by atoms with Gasteiger partial charge in [-0.25, -0.2) is 0 Å². The van der Waals surface area contributed by atoms with E-state index in [-0.39, 0.29) is 12.0 Å². The Morgan fingerprint density at radius 3 is 2.45 bits per heavy atom. The lowest BCUT2D eigenvalue weighted by atomic mass is 9.86. The zero-order chi connectivity index (χ0) is 15.2. The van der Waals surface area contributed by atoms with Crippen molar-refractivity contribution in [2.24, 2.45) is 5.73 Å². The first-order chi connectivity index (χ1) is 9.43. The van der Waals surface area contributed by atoms with Crippen LogP contribution in [0.3, 0.4) is 0 Å². The molecule has 0 aliphatic heterocycles. The smallest absolute Gasteiger partial charge is 0.326 e. The van der Waals surface area contributed by atoms with Gasteiger partial charge in [0.15, 0.2) is 5.78 Å². The Morgan fingerprint density at radius 1 is 1.35 bits per heavy atom. The number of hydrogen-bond acceptors (Lipinski definition) is 5. The Bertz CT molecular complexity index is 466. The highest BCUT2D eigenvalue weighted by molar-refractivity contribution is 7.99. The van der Waals surface area contributed by atoms with Crippen LogP contribution in [0.25, 0.3) is 0 Å². The van der Waals surface area contributed by atoms with Crippen molar-refractivity contribution >= 4 is 23.5 Å². The van der Waals surface area contributed by atoms with Crippen molar-refractivity contribution in [1.29, 1.82) is 0 Å². The third kappa shape index (κ3) is 3.82. The van der Waals surface area contributed by atoms with Crippen molar-refractivity contribution in [3.63, 3.8) is 0 Å². The van der Waals surface area contributed by atoms with E-state index in [9.17, 15) is 19.8 Å². The minimum atomic E-state index is -1.96. The minimum absolute atomic E-state index is 0.0284. The van der Waals surface area contributed by atoms with Gasteiger partial charge in [0.2, 0.25) is 0 Å². The van der Waals surface area contributed by atoms with Crippen LogP contribution in [0.15, 0.2) is 30.3 Å². The molecule has 20 heavy (non-hydrogen) atoms. The van der Waals surface area contributed by atoms with Crippen molar-refractivity contribution < 1.29 is 19.8 Å². The summed E-state index contributed by atoms with van der Waals surface area (Å²) >= 11 is 1.51. The van der Waals surface area contributed by atoms with Crippen LogP contribution in [-0.2, 0) is 4.79 Å². The van der Waals surface area contributed by atoms with Gasteiger partial charge >= 0.3 is 5.97 Å². The Balaban J connectivity index is 2.91. The van der Waals surface area contributed by atoms with Crippen LogP contribution < -0.4 is 5.73 Å². The Kier molecular flexibility index (Phi) is 6.19. The molecule has 110 valence electrons. The van der Waals surface area contributed by atoms with E-state index in [2.05, 4.69) is 0 Å². The van der Waals surface area contributed by atoms with Crippen molar-refractivity contribution in [1.82, 2.24) is 0 Å². The molecule has 0 radical (unpaired) electrons. The number of ketones is 1. The average Bonchev–Trinajstić information content (AvgIpc) is 2.46. The molecule has 0 aromatic heterocycles. The Hall–Kier alpha value is -1.37. The first-order valence-corrected chi connectivity index (χ1v) is 7.46. The van der Waals surface area contributed by atoms with Crippen LogP contribution in [0.5, 0.6) is 0 Å². The molecule has 1 rings (SSSR count). The van der Waals surface area contributed by atoms with Gasteiger partial charge in [-0.3, -0.25) is 9.59 Å². The van der Waals surface area contributed by atoms with Crippen molar-refractivity contribution in [3.8, 4) is 0 Å². The highest BCUT2D eigenvalue weighted by Crippen LogP contribution is 2.20. The summed E-state index contributed by atoms with van der Waals surface area (Å²) in [4.78, 5) is 23.5. The molecule has 1 aromatic carbocycles. The predicted molar refractivity (Wildman–Crippen MR) is 78.9 cm³/mol. The number of carbonyl (C=O) groups excluding carboxylic acids is 1. The van der Waals surface area contributed by atoms with Crippen LogP contribution in [-0.4, -0.2) is 45.1 Å². The normalized spacial score (nSPS) is 15.3. The van der Waals surface area contributed by atoms with Gasteiger partial charge in [0.1, 0.15) is 11.6 Å². The number of Topliss-reactive ketones (excluding diaryl/α,β-unsaturated/α-hetero) is 1. The van der Waals surface area contributed by atoms with Gasteiger partial charge in [0.05, 0.1) is 0 Å². The lowest BCUT2D eigenvalue weighted by molar-refractivity contribution is -0.146. The molecular weight excluding hydrogens is 278 g/mol. The molecule has 0 fully saturated rings. The molecule has 0 saturated heterocycles. The average molecular weight is 297 g/mol. The molecule has 0 amide bonds. The SMILES string of the molecule is CCSCCC(N)(C(=O)O)C(O)C(=O)c1ccccc1. The second kappa shape index (κ2) is 7.42. The maximum Gasteiger partial charge on any atom is 0.326 e. The number of thioether (sulfide) groups is 1. The summed E-state index contributed by atoms with van der Waals surface area (Å²) in [6.45, 7) is 1.94. The number of aliphatic hydroxyl groups excluding tert-OH is 1. The van der Waals surface area contributed by atoms with Crippen LogP contribution in [0.4, 0.5) is 0 Å². The van der Waals surface area contributed by atoms with Crippen LogP contribution in [0.1, 0.15) is 23.7 Å². The molecule has 5 nitrogen and oxygen atoms in total. The topological polar surface area (TPSA) is 101 Å². The van der Waals surface area contributed by atoms with Gasteiger partial charge in [-0.2, -0.15) is 11.8 Å². The standard InChI is InChI=1S/C14H19NO4S/c1-2-20-9-8-14(15,13(18)19)12(17)11(16)10-6-4-3-5-7-10/h3-7,12,17H,2,8-9,15H2,1H3,(H,18,19). The van der Waals surface area contributed by atoms with E-state index in [0.717, 1.165) is 5.75 Å². The van der Waals surface area contributed by atoms with Crippen LogP contribution >= 0.6 is 11.8 Å². The Morgan fingerprint density at radius 2 is 1.95 bits per heavy atom. The van der Waals surface area contributed by atoms with Gasteiger partial charge in [-0.15, -0.1) is 0 Å². The minimum Gasteiger partial charge on any atom is -0.480 e. The molecule has 6 heteroatoms. The van der Waals surface area contributed by atoms with Crippen molar-refractivity contribution in [2.45, 2.75) is 25.0 Å². The lowest BCUT2D eigenvalue weighted by Crippen LogP contribution is -2.60. The van der Waals surface area contributed by atoms with E-state index in [1.807, 2.05) is 6.92 Å². The van der Waals surface area contributed by atoms with E-state index < -0.39 is 23.4 Å². The van der Waals surface area contributed by atoms with Gasteiger partial charge < -0.3 is 15.9 Å². The molecule has 1 aromatic rings. The first-order valence-electron chi connectivity index (χ1n) is 6.30. The number of carbonyl (C=O) groups is 2. The van der Waals surface area contributed by atoms with E-state index >= 15 is 0 Å². The summed E-state index contributed by atoms with van der Waals surface area (Å²) in [7, 11) is 0. The molecule has 0 saturated carbocycles. The fraction of sp³-hybridized carbons (Fsp3) is 0.429. The number of rotatable bonds is 8. The lowest BCUT2D eigenvalue weighted by Gasteiger charge is -2.29. The maximum absolute atomic E-state index is 12.1. The van der Waals surface area contributed by atoms with Gasteiger partial charge in [0, 0.05) is 5.56 Å².